The predicted molar refractivity (Wildman–Crippen MR) is 123 cm³/mol. The normalized spacial score (nSPS) is 14.5. The molecular weight excluding hydrogens is 409 g/mol. The summed E-state index contributed by atoms with van der Waals surface area (Å²) in [6.45, 7) is 4.63. The topological polar surface area (TPSA) is 86.5 Å². The Labute approximate surface area is 187 Å². The van der Waals surface area contributed by atoms with Crippen molar-refractivity contribution in [2.75, 3.05) is 43.0 Å². The number of aromatic nitrogens is 4. The van der Waals surface area contributed by atoms with Crippen molar-refractivity contribution in [3.8, 4) is 0 Å². The van der Waals surface area contributed by atoms with E-state index in [9.17, 15) is 4.39 Å². The van der Waals surface area contributed by atoms with Crippen molar-refractivity contribution in [3.63, 3.8) is 0 Å². The van der Waals surface area contributed by atoms with Gasteiger partial charge in [-0.05, 0) is 42.0 Å². The fourth-order valence-corrected chi connectivity index (χ4v) is 3.64. The van der Waals surface area contributed by atoms with Crippen molar-refractivity contribution >= 4 is 17.5 Å². The fourth-order valence-electron chi connectivity index (χ4n) is 3.64. The number of hydrogen-bond donors (Lipinski definition) is 2. The van der Waals surface area contributed by atoms with Gasteiger partial charge in [0.05, 0.1) is 6.54 Å². The van der Waals surface area contributed by atoms with Crippen molar-refractivity contribution < 1.29 is 4.39 Å². The lowest BCUT2D eigenvalue weighted by Crippen LogP contribution is -2.46. The number of piperazine rings is 1. The van der Waals surface area contributed by atoms with E-state index in [2.05, 4.69) is 46.6 Å². The van der Waals surface area contributed by atoms with Gasteiger partial charge in [-0.1, -0.05) is 0 Å². The lowest BCUT2D eigenvalue weighted by molar-refractivity contribution is 0.624. The van der Waals surface area contributed by atoms with Gasteiger partial charge in [-0.15, -0.1) is 0 Å². The van der Waals surface area contributed by atoms with Crippen molar-refractivity contribution in [3.05, 3.63) is 66.1 Å². The summed E-state index contributed by atoms with van der Waals surface area (Å²) in [4.78, 5) is 17.6. The molecule has 3 aromatic rings. The molecule has 0 aliphatic carbocycles. The number of benzene rings is 1. The van der Waals surface area contributed by atoms with Gasteiger partial charge in [0.1, 0.15) is 23.8 Å². The highest BCUT2D eigenvalue weighted by atomic mass is 19.1. The van der Waals surface area contributed by atoms with Gasteiger partial charge in [-0.25, -0.2) is 14.4 Å². The number of nitrogens with zero attached hydrogens (tertiary/aromatic N) is 7. The molecule has 0 spiro atoms. The summed E-state index contributed by atoms with van der Waals surface area (Å²) in [5.74, 6) is 2.28. The van der Waals surface area contributed by atoms with E-state index in [1.54, 1.807) is 11.7 Å². The van der Waals surface area contributed by atoms with Crippen molar-refractivity contribution in [1.82, 2.24) is 30.4 Å². The molecule has 2 aromatic heterocycles. The second-order valence-electron chi connectivity index (χ2n) is 7.55. The summed E-state index contributed by atoms with van der Waals surface area (Å²) < 4.78 is 14.9. The van der Waals surface area contributed by atoms with Gasteiger partial charge in [-0.3, -0.25) is 9.67 Å². The molecule has 10 heteroatoms. The van der Waals surface area contributed by atoms with Gasteiger partial charge in [-0.2, -0.15) is 5.10 Å². The molecule has 1 aliphatic rings. The summed E-state index contributed by atoms with van der Waals surface area (Å²) in [6.07, 6.45) is 3.37. The van der Waals surface area contributed by atoms with Crippen LogP contribution in [0.1, 0.15) is 11.4 Å². The third-order valence-electron chi connectivity index (χ3n) is 5.51. The second-order valence-corrected chi connectivity index (χ2v) is 7.55. The van der Waals surface area contributed by atoms with Gasteiger partial charge in [0.2, 0.25) is 0 Å². The van der Waals surface area contributed by atoms with Crippen LogP contribution in [0.3, 0.4) is 0 Å². The zero-order valence-corrected chi connectivity index (χ0v) is 18.4. The number of guanidine groups is 1. The SMILES string of the molecule is CN=C(NCc1ccnc(N2CCN(c3ccc(F)cc3)CC2)c1)NCc1ncnn1C. The number of halogens is 1. The molecule has 1 aliphatic heterocycles. The number of hydrogen-bond acceptors (Lipinski definition) is 6. The Hall–Kier alpha value is -3.69. The van der Waals surface area contributed by atoms with Crippen molar-refractivity contribution in [2.24, 2.45) is 12.0 Å². The van der Waals surface area contributed by atoms with Crippen LogP contribution in [0.5, 0.6) is 0 Å². The summed E-state index contributed by atoms with van der Waals surface area (Å²) in [5.41, 5.74) is 2.18. The zero-order valence-electron chi connectivity index (χ0n) is 18.4. The average Bonchev–Trinajstić information content (AvgIpc) is 3.24. The van der Waals surface area contributed by atoms with E-state index in [1.165, 1.54) is 18.5 Å². The molecule has 4 rings (SSSR count). The number of aliphatic imine (C=N–C) groups is 1. The van der Waals surface area contributed by atoms with Crippen LogP contribution < -0.4 is 20.4 Å². The largest absolute Gasteiger partial charge is 0.368 e. The molecule has 1 fully saturated rings. The van der Waals surface area contributed by atoms with E-state index >= 15 is 0 Å². The Bertz CT molecular complexity index is 1040. The molecule has 9 nitrogen and oxygen atoms in total. The monoisotopic (exact) mass is 437 g/mol. The molecule has 168 valence electrons. The third-order valence-corrected chi connectivity index (χ3v) is 5.51. The molecule has 0 saturated carbocycles. The van der Waals surface area contributed by atoms with Gasteiger partial charge >= 0.3 is 0 Å². The van der Waals surface area contributed by atoms with Crippen LogP contribution in [-0.4, -0.2) is 58.9 Å². The number of nitrogens with one attached hydrogen (secondary N) is 2. The summed E-state index contributed by atoms with van der Waals surface area (Å²) in [6, 6.07) is 10.8. The van der Waals surface area contributed by atoms with Crippen LogP contribution >= 0.6 is 0 Å². The van der Waals surface area contributed by atoms with Crippen LogP contribution in [0.4, 0.5) is 15.9 Å². The molecule has 32 heavy (non-hydrogen) atoms. The highest BCUT2D eigenvalue weighted by Crippen LogP contribution is 2.20. The molecule has 0 radical (unpaired) electrons. The Kier molecular flexibility index (Phi) is 6.78. The number of rotatable bonds is 6. The van der Waals surface area contributed by atoms with Crippen molar-refractivity contribution in [2.45, 2.75) is 13.1 Å². The molecular formula is C22H28FN9. The van der Waals surface area contributed by atoms with E-state index in [-0.39, 0.29) is 5.82 Å². The standard InChI is InChI=1S/C22H28FN9/c1-24-22(27-15-21-28-16-29-30(21)2)26-14-17-7-8-25-20(13-17)32-11-9-31(10-12-32)19-5-3-18(23)4-6-19/h3-8,13,16H,9-12,14-15H2,1-2H3,(H2,24,26,27). The molecule has 0 unspecified atom stereocenters. The number of pyridine rings is 1. The number of anilines is 2. The molecule has 2 N–H and O–H groups in total. The highest BCUT2D eigenvalue weighted by molar-refractivity contribution is 5.79. The van der Waals surface area contributed by atoms with Crippen LogP contribution in [0.25, 0.3) is 0 Å². The minimum Gasteiger partial charge on any atom is -0.368 e. The Morgan fingerprint density at radius 2 is 1.72 bits per heavy atom. The van der Waals surface area contributed by atoms with Crippen LogP contribution in [0.15, 0.2) is 53.9 Å². The van der Waals surface area contributed by atoms with Crippen molar-refractivity contribution in [1.29, 1.82) is 0 Å². The van der Waals surface area contributed by atoms with Gasteiger partial charge in [0.15, 0.2) is 5.96 Å². The highest BCUT2D eigenvalue weighted by Gasteiger charge is 2.18. The first-order valence-corrected chi connectivity index (χ1v) is 10.6. The van der Waals surface area contributed by atoms with Crippen LogP contribution in [0, 0.1) is 5.82 Å². The van der Waals surface area contributed by atoms with E-state index in [0.29, 0.717) is 19.0 Å². The summed E-state index contributed by atoms with van der Waals surface area (Å²) in [7, 11) is 3.60. The first kappa shape index (κ1) is 21.5. The van der Waals surface area contributed by atoms with E-state index in [0.717, 1.165) is 49.1 Å². The van der Waals surface area contributed by atoms with E-state index < -0.39 is 0 Å². The maximum absolute atomic E-state index is 13.2. The van der Waals surface area contributed by atoms with Gasteiger partial charge in [0, 0.05) is 58.7 Å². The molecule has 0 atom stereocenters. The molecule has 1 aromatic carbocycles. The minimum absolute atomic E-state index is 0.206. The average molecular weight is 438 g/mol. The minimum atomic E-state index is -0.206. The molecule has 1 saturated heterocycles. The first-order valence-electron chi connectivity index (χ1n) is 10.6. The quantitative estimate of drug-likeness (QED) is 0.447. The lowest BCUT2D eigenvalue weighted by atomic mass is 10.2. The Morgan fingerprint density at radius 3 is 2.41 bits per heavy atom. The Morgan fingerprint density at radius 1 is 1.00 bits per heavy atom. The maximum Gasteiger partial charge on any atom is 0.191 e. The maximum atomic E-state index is 13.2. The second kappa shape index (κ2) is 10.1. The van der Waals surface area contributed by atoms with Gasteiger partial charge < -0.3 is 20.4 Å². The summed E-state index contributed by atoms with van der Waals surface area (Å²) >= 11 is 0. The summed E-state index contributed by atoms with van der Waals surface area (Å²) in [5, 5.41) is 10.6. The molecule has 3 heterocycles. The lowest BCUT2D eigenvalue weighted by Gasteiger charge is -2.36. The zero-order chi connectivity index (χ0) is 22.3. The van der Waals surface area contributed by atoms with Crippen LogP contribution in [0.2, 0.25) is 0 Å². The fraction of sp³-hybridized carbons (Fsp3) is 0.364. The number of aryl methyl sites for hydroxylation is 1. The Balaban J connectivity index is 1.29. The first-order chi connectivity index (χ1) is 15.6. The predicted octanol–water partition coefficient (Wildman–Crippen LogP) is 1.54. The van der Waals surface area contributed by atoms with Crippen LogP contribution in [-0.2, 0) is 20.1 Å². The molecule has 0 amide bonds. The van der Waals surface area contributed by atoms with Gasteiger partial charge in [0.25, 0.3) is 0 Å². The third kappa shape index (κ3) is 5.32. The smallest absolute Gasteiger partial charge is 0.191 e. The van der Waals surface area contributed by atoms with E-state index in [1.807, 2.05) is 31.4 Å². The van der Waals surface area contributed by atoms with E-state index in [4.69, 9.17) is 0 Å². The molecule has 0 bridgehead atoms.